The van der Waals surface area contributed by atoms with Crippen LogP contribution in [0, 0.1) is 0 Å². The summed E-state index contributed by atoms with van der Waals surface area (Å²) in [5.74, 6) is -0.0371. The van der Waals surface area contributed by atoms with E-state index >= 15 is 0 Å². The van der Waals surface area contributed by atoms with Crippen LogP contribution in [0.15, 0.2) is 87.8 Å². The molecule has 1 atom stereocenters. The van der Waals surface area contributed by atoms with E-state index in [1.165, 1.54) is 23.0 Å². The van der Waals surface area contributed by atoms with Gasteiger partial charge >= 0.3 is 11.9 Å². The largest absolute Gasteiger partial charge is 0.497 e. The molecule has 1 aliphatic heterocycles. The van der Waals surface area contributed by atoms with E-state index in [0.29, 0.717) is 37.7 Å². The van der Waals surface area contributed by atoms with Crippen LogP contribution >= 0.6 is 22.9 Å². The number of hydrogen-bond acceptors (Lipinski definition) is 9. The zero-order valence-electron chi connectivity index (χ0n) is 23.8. The van der Waals surface area contributed by atoms with E-state index < -0.39 is 18.0 Å². The Morgan fingerprint density at radius 1 is 1.00 bits per heavy atom. The normalized spacial score (nSPS) is 14.5. The predicted molar refractivity (Wildman–Crippen MR) is 163 cm³/mol. The molecule has 0 fully saturated rings. The van der Waals surface area contributed by atoms with Gasteiger partial charge < -0.3 is 18.9 Å². The molecule has 5 rings (SSSR count). The van der Waals surface area contributed by atoms with E-state index in [0.717, 1.165) is 0 Å². The first kappa shape index (κ1) is 29.8. The summed E-state index contributed by atoms with van der Waals surface area (Å²) in [6, 6.07) is 17.9. The van der Waals surface area contributed by atoms with Crippen molar-refractivity contribution < 1.29 is 28.5 Å². The Kier molecular flexibility index (Phi) is 8.79. The maximum atomic E-state index is 13.9. The molecule has 220 valence electrons. The van der Waals surface area contributed by atoms with E-state index in [2.05, 4.69) is 4.99 Å². The summed E-state index contributed by atoms with van der Waals surface area (Å²) in [5.41, 5.74) is 1.99. The lowest BCUT2D eigenvalue weighted by Gasteiger charge is -2.24. The highest BCUT2D eigenvalue weighted by molar-refractivity contribution is 7.07. The van der Waals surface area contributed by atoms with Gasteiger partial charge in [-0.15, -0.1) is 0 Å². The highest BCUT2D eigenvalue weighted by Crippen LogP contribution is 2.32. The van der Waals surface area contributed by atoms with E-state index in [9.17, 15) is 14.4 Å². The van der Waals surface area contributed by atoms with Crippen molar-refractivity contribution >= 4 is 41.0 Å². The average molecular weight is 619 g/mol. The third-order valence-electron chi connectivity index (χ3n) is 6.73. The van der Waals surface area contributed by atoms with Gasteiger partial charge in [0, 0.05) is 0 Å². The summed E-state index contributed by atoms with van der Waals surface area (Å²) in [4.78, 5) is 44.7. The molecule has 9 nitrogen and oxygen atoms in total. The number of nitrogens with zero attached hydrogens (tertiary/aromatic N) is 2. The second-order valence-corrected chi connectivity index (χ2v) is 10.8. The van der Waals surface area contributed by atoms with Gasteiger partial charge in [0.25, 0.3) is 5.56 Å². The van der Waals surface area contributed by atoms with Gasteiger partial charge in [-0.3, -0.25) is 9.36 Å². The van der Waals surface area contributed by atoms with Crippen LogP contribution in [0.5, 0.6) is 17.2 Å². The first-order valence-corrected chi connectivity index (χ1v) is 14.4. The molecular weight excluding hydrogens is 592 g/mol. The number of benzene rings is 3. The predicted octanol–water partition coefficient (Wildman–Crippen LogP) is 4.69. The van der Waals surface area contributed by atoms with Crippen molar-refractivity contribution in [3.63, 3.8) is 0 Å². The van der Waals surface area contributed by atoms with Gasteiger partial charge in [-0.05, 0) is 67.4 Å². The van der Waals surface area contributed by atoms with Gasteiger partial charge in [0.05, 0.1) is 53.3 Å². The van der Waals surface area contributed by atoms with E-state index in [-0.39, 0.29) is 34.1 Å². The third kappa shape index (κ3) is 5.97. The topological polar surface area (TPSA) is 105 Å². The van der Waals surface area contributed by atoms with Crippen LogP contribution in [0.3, 0.4) is 0 Å². The Morgan fingerprint density at radius 3 is 2.42 bits per heavy atom. The lowest BCUT2D eigenvalue weighted by Crippen LogP contribution is -2.39. The zero-order valence-corrected chi connectivity index (χ0v) is 25.3. The lowest BCUT2D eigenvalue weighted by atomic mass is 9.96. The molecule has 0 saturated heterocycles. The number of aromatic nitrogens is 1. The highest BCUT2D eigenvalue weighted by Gasteiger charge is 2.33. The van der Waals surface area contributed by atoms with Crippen LogP contribution in [-0.4, -0.2) is 37.3 Å². The number of fused-ring (bicyclic) bond motifs is 1. The number of carbonyl (C=O) groups excluding carboxylic acids is 2. The number of esters is 2. The molecule has 0 aliphatic carbocycles. The van der Waals surface area contributed by atoms with Crippen LogP contribution in [0.1, 0.15) is 41.4 Å². The van der Waals surface area contributed by atoms with E-state index in [4.69, 9.17) is 30.5 Å². The molecule has 0 unspecified atom stereocenters. The van der Waals surface area contributed by atoms with Crippen LogP contribution < -0.4 is 29.1 Å². The van der Waals surface area contributed by atoms with Gasteiger partial charge in [0.1, 0.15) is 5.75 Å². The number of hydrogen-bond donors (Lipinski definition) is 0. The second kappa shape index (κ2) is 12.7. The summed E-state index contributed by atoms with van der Waals surface area (Å²) < 4.78 is 23.6. The van der Waals surface area contributed by atoms with E-state index in [1.54, 1.807) is 81.6 Å². The summed E-state index contributed by atoms with van der Waals surface area (Å²) in [6.07, 6.45) is 1.69. The lowest BCUT2D eigenvalue weighted by molar-refractivity contribution is -0.139. The van der Waals surface area contributed by atoms with Crippen molar-refractivity contribution in [1.82, 2.24) is 4.57 Å². The Bertz CT molecular complexity index is 1930. The molecule has 0 amide bonds. The Morgan fingerprint density at radius 2 is 1.74 bits per heavy atom. The SMILES string of the molecule is CCOC(=O)C1=C(C)N=c2s/c(=C/c3ccc(OC(=O)c4ccccc4Cl)c(OC)c3)c(=O)n2[C@@H]1c1ccc(OC)cc1. The maximum Gasteiger partial charge on any atom is 0.345 e. The van der Waals surface area contributed by atoms with Crippen molar-refractivity contribution in [2.45, 2.75) is 19.9 Å². The number of allylic oxidation sites excluding steroid dienone is 1. The van der Waals surface area contributed by atoms with Crippen molar-refractivity contribution in [3.8, 4) is 17.2 Å². The molecule has 4 aromatic rings. The summed E-state index contributed by atoms with van der Waals surface area (Å²) in [5, 5.41) is 0.271. The number of rotatable bonds is 8. The van der Waals surface area contributed by atoms with Crippen molar-refractivity contribution in [3.05, 3.63) is 119 Å². The van der Waals surface area contributed by atoms with Crippen LogP contribution in [0.2, 0.25) is 5.02 Å². The molecule has 1 aliphatic rings. The summed E-state index contributed by atoms with van der Waals surface area (Å²) >= 11 is 7.33. The van der Waals surface area contributed by atoms with Crippen LogP contribution in [-0.2, 0) is 9.53 Å². The molecule has 1 aromatic heterocycles. The van der Waals surface area contributed by atoms with Crippen molar-refractivity contribution in [1.29, 1.82) is 0 Å². The Hall–Kier alpha value is -4.67. The van der Waals surface area contributed by atoms with Crippen molar-refractivity contribution in [2.75, 3.05) is 20.8 Å². The molecular formula is C32H27ClN2O7S. The van der Waals surface area contributed by atoms with Gasteiger partial charge in [0.2, 0.25) is 0 Å². The van der Waals surface area contributed by atoms with Gasteiger partial charge in [-0.1, -0.05) is 53.3 Å². The van der Waals surface area contributed by atoms with Gasteiger partial charge in [-0.25, -0.2) is 14.6 Å². The first-order chi connectivity index (χ1) is 20.7. The average Bonchev–Trinajstić information content (AvgIpc) is 3.31. The van der Waals surface area contributed by atoms with Gasteiger partial charge in [0.15, 0.2) is 16.3 Å². The van der Waals surface area contributed by atoms with Gasteiger partial charge in [-0.2, -0.15) is 0 Å². The van der Waals surface area contributed by atoms with Crippen LogP contribution in [0.25, 0.3) is 6.08 Å². The minimum Gasteiger partial charge on any atom is -0.497 e. The molecule has 0 saturated carbocycles. The quantitative estimate of drug-likeness (QED) is 0.208. The molecule has 11 heteroatoms. The third-order valence-corrected chi connectivity index (χ3v) is 8.04. The summed E-state index contributed by atoms with van der Waals surface area (Å²) in [7, 11) is 3.02. The highest BCUT2D eigenvalue weighted by atomic mass is 35.5. The molecule has 0 N–H and O–H groups in total. The molecule has 43 heavy (non-hydrogen) atoms. The zero-order chi connectivity index (χ0) is 30.7. The monoisotopic (exact) mass is 618 g/mol. The Labute approximate surface area is 255 Å². The minimum absolute atomic E-state index is 0.181. The second-order valence-electron chi connectivity index (χ2n) is 9.36. The maximum absolute atomic E-state index is 13.9. The minimum atomic E-state index is -0.746. The van der Waals surface area contributed by atoms with E-state index in [1.807, 2.05) is 12.1 Å². The number of methoxy groups -OCH3 is 2. The molecule has 0 spiro atoms. The fraction of sp³-hybridized carbons (Fsp3) is 0.188. The molecule has 0 radical (unpaired) electrons. The molecule has 0 bridgehead atoms. The fourth-order valence-corrected chi connectivity index (χ4v) is 5.94. The van der Waals surface area contributed by atoms with Crippen molar-refractivity contribution in [2.24, 2.45) is 4.99 Å². The number of halogens is 1. The standard InChI is InChI=1S/C32H27ClN2O7S/c1-5-41-31(38)27-18(2)34-32-35(28(27)20-11-13-21(39-3)14-12-20)29(36)26(43-32)17-19-10-15-24(25(16-19)40-4)42-30(37)22-8-6-7-9-23(22)33/h6-17,28H,5H2,1-4H3/b26-17+/t28-/m1/s1. The molecule has 2 heterocycles. The first-order valence-electron chi connectivity index (χ1n) is 13.2. The number of thiazole rings is 1. The summed E-state index contributed by atoms with van der Waals surface area (Å²) in [6.45, 7) is 3.64. The number of carbonyl (C=O) groups is 2. The smallest absolute Gasteiger partial charge is 0.345 e. The Balaban J connectivity index is 1.56. The number of ether oxygens (including phenoxy) is 4. The van der Waals surface area contributed by atoms with Crippen LogP contribution in [0.4, 0.5) is 0 Å². The molecule has 3 aromatic carbocycles. The fourth-order valence-electron chi connectivity index (χ4n) is 4.68.